The van der Waals surface area contributed by atoms with E-state index in [9.17, 15) is 9.18 Å². The first-order chi connectivity index (χ1) is 12.6. The fourth-order valence-corrected chi connectivity index (χ4v) is 3.25. The zero-order chi connectivity index (χ0) is 18.1. The lowest BCUT2D eigenvalue weighted by atomic mass is 9.88. The Bertz CT molecular complexity index is 947. The number of hydrogen-bond donors (Lipinski definition) is 1. The van der Waals surface area contributed by atoms with Crippen LogP contribution in [0.5, 0.6) is 0 Å². The van der Waals surface area contributed by atoms with Crippen molar-refractivity contribution in [2.45, 2.75) is 32.7 Å². The number of nitrogens with zero attached hydrogens (tertiary/aromatic N) is 3. The van der Waals surface area contributed by atoms with E-state index < -0.39 is 0 Å². The van der Waals surface area contributed by atoms with Crippen LogP contribution in [0.25, 0.3) is 0 Å². The molecule has 1 aromatic carbocycles. The zero-order valence-corrected chi connectivity index (χ0v) is 14.4. The highest BCUT2D eigenvalue weighted by Crippen LogP contribution is 2.28. The van der Waals surface area contributed by atoms with E-state index >= 15 is 0 Å². The summed E-state index contributed by atoms with van der Waals surface area (Å²) in [5.74, 6) is 1.09. The lowest BCUT2D eigenvalue weighted by molar-refractivity contribution is 0.101. The number of nitrogens with one attached hydrogen (secondary N) is 1. The van der Waals surface area contributed by atoms with E-state index in [-0.39, 0.29) is 11.7 Å². The van der Waals surface area contributed by atoms with Crippen LogP contribution in [0, 0.1) is 11.7 Å². The number of carbonyl (C=O) groups excluding carboxylic acids is 1. The van der Waals surface area contributed by atoms with Gasteiger partial charge in [0, 0.05) is 29.8 Å². The molecule has 1 amide bonds. The maximum Gasteiger partial charge on any atom is 0.279 e. The highest BCUT2D eigenvalue weighted by atomic mass is 19.1. The molecule has 3 aromatic rings. The SMILES string of the molecule is CC1CCc2onc(C(=O)Nc3ccn(Cc4ccccc4F)n3)c2C1. The van der Waals surface area contributed by atoms with Crippen LogP contribution in [-0.2, 0) is 19.4 Å². The van der Waals surface area contributed by atoms with Gasteiger partial charge in [0.05, 0.1) is 6.54 Å². The van der Waals surface area contributed by atoms with Crippen molar-refractivity contribution in [2.75, 3.05) is 5.32 Å². The predicted octanol–water partition coefficient (Wildman–Crippen LogP) is 3.44. The van der Waals surface area contributed by atoms with Gasteiger partial charge in [-0.05, 0) is 24.8 Å². The molecule has 0 bridgehead atoms. The molecule has 0 radical (unpaired) electrons. The third-order valence-electron chi connectivity index (χ3n) is 4.67. The Hall–Kier alpha value is -2.96. The Morgan fingerprint density at radius 1 is 1.38 bits per heavy atom. The van der Waals surface area contributed by atoms with Crippen LogP contribution in [0.1, 0.15) is 40.7 Å². The minimum atomic E-state index is -0.333. The summed E-state index contributed by atoms with van der Waals surface area (Å²) in [6, 6.07) is 8.22. The molecule has 0 aliphatic heterocycles. The molecule has 134 valence electrons. The maximum absolute atomic E-state index is 13.7. The van der Waals surface area contributed by atoms with Gasteiger partial charge in [0.2, 0.25) is 0 Å². The van der Waals surface area contributed by atoms with Crippen molar-refractivity contribution in [3.05, 3.63) is 64.9 Å². The number of carbonyl (C=O) groups is 1. The topological polar surface area (TPSA) is 73.0 Å². The van der Waals surface area contributed by atoms with E-state index in [0.717, 1.165) is 30.6 Å². The van der Waals surface area contributed by atoms with Gasteiger partial charge >= 0.3 is 0 Å². The molecule has 26 heavy (non-hydrogen) atoms. The smallest absolute Gasteiger partial charge is 0.279 e. The van der Waals surface area contributed by atoms with Crippen molar-refractivity contribution in [3.63, 3.8) is 0 Å². The summed E-state index contributed by atoms with van der Waals surface area (Å²) in [7, 11) is 0. The van der Waals surface area contributed by atoms with Gasteiger partial charge in [0.15, 0.2) is 11.5 Å². The van der Waals surface area contributed by atoms with Gasteiger partial charge in [0.1, 0.15) is 11.6 Å². The highest BCUT2D eigenvalue weighted by molar-refractivity contribution is 6.03. The van der Waals surface area contributed by atoms with E-state index in [4.69, 9.17) is 4.52 Å². The summed E-state index contributed by atoms with van der Waals surface area (Å²) in [5, 5.41) is 11.0. The molecule has 7 heteroatoms. The Morgan fingerprint density at radius 3 is 3.08 bits per heavy atom. The number of halogens is 1. The molecule has 4 rings (SSSR count). The minimum Gasteiger partial charge on any atom is -0.360 e. The largest absolute Gasteiger partial charge is 0.360 e. The van der Waals surface area contributed by atoms with Gasteiger partial charge in [-0.25, -0.2) is 4.39 Å². The Balaban J connectivity index is 1.47. The van der Waals surface area contributed by atoms with Crippen LogP contribution in [0.4, 0.5) is 10.2 Å². The molecule has 1 aliphatic rings. The summed E-state index contributed by atoms with van der Waals surface area (Å²) >= 11 is 0. The molecule has 1 unspecified atom stereocenters. The van der Waals surface area contributed by atoms with Crippen molar-refractivity contribution in [2.24, 2.45) is 5.92 Å². The van der Waals surface area contributed by atoms with Crippen LogP contribution in [0.2, 0.25) is 0 Å². The van der Waals surface area contributed by atoms with Crippen molar-refractivity contribution in [1.29, 1.82) is 0 Å². The number of anilines is 1. The van der Waals surface area contributed by atoms with Gasteiger partial charge in [-0.1, -0.05) is 30.3 Å². The van der Waals surface area contributed by atoms with Gasteiger partial charge in [-0.15, -0.1) is 0 Å². The average molecular weight is 354 g/mol. The van der Waals surface area contributed by atoms with Crippen LogP contribution >= 0.6 is 0 Å². The Kier molecular flexibility index (Phi) is 4.28. The summed E-state index contributed by atoms with van der Waals surface area (Å²) in [6.07, 6.45) is 4.35. The van der Waals surface area contributed by atoms with Gasteiger partial charge in [-0.2, -0.15) is 5.10 Å². The Morgan fingerprint density at radius 2 is 2.23 bits per heavy atom. The second kappa shape index (κ2) is 6.74. The molecular formula is C19H19FN4O2. The fraction of sp³-hybridized carbons (Fsp3) is 0.316. The van der Waals surface area contributed by atoms with Crippen molar-refractivity contribution >= 4 is 11.7 Å². The molecule has 0 fully saturated rings. The molecule has 0 spiro atoms. The minimum absolute atomic E-state index is 0.281. The van der Waals surface area contributed by atoms with E-state index in [0.29, 0.717) is 29.5 Å². The van der Waals surface area contributed by atoms with Crippen molar-refractivity contribution < 1.29 is 13.7 Å². The normalized spacial score (nSPS) is 16.3. The van der Waals surface area contributed by atoms with Crippen LogP contribution < -0.4 is 5.32 Å². The number of benzene rings is 1. The van der Waals surface area contributed by atoms with Crippen LogP contribution in [0.3, 0.4) is 0 Å². The average Bonchev–Trinajstić information content (AvgIpc) is 3.23. The van der Waals surface area contributed by atoms with Crippen LogP contribution in [0.15, 0.2) is 41.1 Å². The second-order valence-corrected chi connectivity index (χ2v) is 6.72. The molecular weight excluding hydrogens is 335 g/mol. The van der Waals surface area contributed by atoms with Crippen molar-refractivity contribution in [3.8, 4) is 0 Å². The van der Waals surface area contributed by atoms with E-state index in [1.165, 1.54) is 6.07 Å². The quantitative estimate of drug-likeness (QED) is 0.779. The third-order valence-corrected chi connectivity index (χ3v) is 4.67. The summed E-state index contributed by atoms with van der Waals surface area (Å²) in [5.41, 5.74) is 1.76. The fourth-order valence-electron chi connectivity index (χ4n) is 3.25. The Labute approximate surface area is 150 Å². The van der Waals surface area contributed by atoms with E-state index in [1.54, 1.807) is 35.1 Å². The predicted molar refractivity (Wildman–Crippen MR) is 93.4 cm³/mol. The van der Waals surface area contributed by atoms with E-state index in [2.05, 4.69) is 22.5 Å². The molecule has 2 aromatic heterocycles. The first-order valence-corrected chi connectivity index (χ1v) is 8.66. The number of amides is 1. The highest BCUT2D eigenvalue weighted by Gasteiger charge is 2.27. The maximum atomic E-state index is 13.7. The molecule has 1 N–H and O–H groups in total. The van der Waals surface area contributed by atoms with Gasteiger partial charge < -0.3 is 9.84 Å². The standard InChI is InChI=1S/C19H19FN4O2/c1-12-6-7-16-14(10-12)18(23-26-16)19(25)21-17-8-9-24(22-17)11-13-4-2-3-5-15(13)20/h2-5,8-9,12H,6-7,10-11H2,1H3,(H,21,22,25). The molecule has 2 heterocycles. The molecule has 1 aliphatic carbocycles. The van der Waals surface area contributed by atoms with Gasteiger partial charge in [-0.3, -0.25) is 9.48 Å². The first-order valence-electron chi connectivity index (χ1n) is 8.66. The van der Waals surface area contributed by atoms with Gasteiger partial charge in [0.25, 0.3) is 5.91 Å². The number of aromatic nitrogens is 3. The molecule has 0 saturated heterocycles. The number of rotatable bonds is 4. The third kappa shape index (κ3) is 3.24. The zero-order valence-electron chi connectivity index (χ0n) is 14.4. The lowest BCUT2D eigenvalue weighted by Crippen LogP contribution is -2.18. The summed E-state index contributed by atoms with van der Waals surface area (Å²) in [6.45, 7) is 2.45. The summed E-state index contributed by atoms with van der Waals surface area (Å²) < 4.78 is 20.6. The molecule has 0 saturated carbocycles. The summed E-state index contributed by atoms with van der Waals surface area (Å²) in [4.78, 5) is 12.5. The molecule has 6 nitrogen and oxygen atoms in total. The van der Waals surface area contributed by atoms with Crippen molar-refractivity contribution in [1.82, 2.24) is 14.9 Å². The molecule has 1 atom stereocenters. The monoisotopic (exact) mass is 354 g/mol. The van der Waals surface area contributed by atoms with E-state index in [1.807, 2.05) is 0 Å². The second-order valence-electron chi connectivity index (χ2n) is 6.72. The van der Waals surface area contributed by atoms with Crippen LogP contribution in [-0.4, -0.2) is 20.8 Å². The lowest BCUT2D eigenvalue weighted by Gasteiger charge is -2.16. The number of hydrogen-bond acceptors (Lipinski definition) is 4. The first kappa shape index (κ1) is 16.5. The number of aryl methyl sites for hydroxylation is 1. The number of fused-ring (bicyclic) bond motifs is 1.